The van der Waals surface area contributed by atoms with Crippen molar-refractivity contribution in [1.82, 2.24) is 15.1 Å². The third kappa shape index (κ3) is 4.89. The molecule has 0 radical (unpaired) electrons. The maximum Gasteiger partial charge on any atom is 0.326 e. The number of rotatable bonds is 5. The maximum atomic E-state index is 12.2. The van der Waals surface area contributed by atoms with E-state index in [-0.39, 0.29) is 25.4 Å². The lowest BCUT2D eigenvalue weighted by molar-refractivity contribution is -0.141. The monoisotopic (exact) mass is 301 g/mol. The third-order valence-corrected chi connectivity index (χ3v) is 3.22. The first-order chi connectivity index (χ1) is 9.72. The Kier molecular flexibility index (Phi) is 5.95. The molecule has 1 rings (SSSR count). The molecule has 1 aliphatic rings. The van der Waals surface area contributed by atoms with Gasteiger partial charge in [0, 0.05) is 26.6 Å². The highest BCUT2D eigenvalue weighted by Gasteiger charge is 2.40. The van der Waals surface area contributed by atoms with Gasteiger partial charge >= 0.3 is 12.0 Å². The number of urea groups is 1. The Bertz CT molecular complexity index is 413. The van der Waals surface area contributed by atoms with E-state index in [2.05, 4.69) is 5.32 Å². The Hall–Kier alpha value is -1.83. The Labute approximate surface area is 123 Å². The zero-order valence-corrected chi connectivity index (χ0v) is 12.6. The van der Waals surface area contributed by atoms with Crippen LogP contribution in [0, 0.1) is 5.92 Å². The molecule has 0 aliphatic carbocycles. The molecule has 2 unspecified atom stereocenters. The van der Waals surface area contributed by atoms with Crippen molar-refractivity contribution in [2.24, 2.45) is 5.92 Å². The first-order valence-electron chi connectivity index (χ1n) is 6.91. The summed E-state index contributed by atoms with van der Waals surface area (Å²) in [7, 11) is 1.43. The van der Waals surface area contributed by atoms with Gasteiger partial charge in [0.1, 0.15) is 12.6 Å². The van der Waals surface area contributed by atoms with Crippen LogP contribution in [0.25, 0.3) is 0 Å². The van der Waals surface area contributed by atoms with Crippen molar-refractivity contribution in [1.29, 1.82) is 0 Å². The van der Waals surface area contributed by atoms with Crippen molar-refractivity contribution in [3.05, 3.63) is 0 Å². The number of nitrogens with one attached hydrogen (secondary N) is 1. The summed E-state index contributed by atoms with van der Waals surface area (Å²) >= 11 is 0. The standard InChI is InChI=1S/C13H23N3O5/c1-8(2)5-14-11(18)7-15(3)13(21)16-6-9(17)4-10(16)12(19)20/h8-10,17H,4-7H2,1-3H3,(H,14,18)(H,19,20). The first kappa shape index (κ1) is 17.2. The van der Waals surface area contributed by atoms with Gasteiger partial charge in [-0.05, 0) is 5.92 Å². The van der Waals surface area contributed by atoms with Gasteiger partial charge in [0.05, 0.1) is 6.10 Å². The normalized spacial score (nSPS) is 21.5. The van der Waals surface area contributed by atoms with E-state index >= 15 is 0 Å². The number of carboxylic acid groups (broad SMARTS) is 1. The van der Waals surface area contributed by atoms with E-state index in [0.29, 0.717) is 12.5 Å². The van der Waals surface area contributed by atoms with Crippen molar-refractivity contribution in [3.63, 3.8) is 0 Å². The van der Waals surface area contributed by atoms with Crippen LogP contribution >= 0.6 is 0 Å². The van der Waals surface area contributed by atoms with Gasteiger partial charge in [-0.15, -0.1) is 0 Å². The maximum absolute atomic E-state index is 12.2. The summed E-state index contributed by atoms with van der Waals surface area (Å²) in [5.41, 5.74) is 0. The van der Waals surface area contributed by atoms with Gasteiger partial charge in [0.15, 0.2) is 0 Å². The zero-order chi connectivity index (χ0) is 16.2. The van der Waals surface area contributed by atoms with Crippen LogP contribution in [-0.2, 0) is 9.59 Å². The number of aliphatic hydroxyl groups is 1. The van der Waals surface area contributed by atoms with E-state index in [1.54, 1.807) is 0 Å². The minimum atomic E-state index is -1.16. The molecule has 0 aromatic rings. The number of likely N-dealkylation sites (N-methyl/N-ethyl adjacent to an activating group) is 1. The minimum absolute atomic E-state index is 0.00839. The van der Waals surface area contributed by atoms with Crippen LogP contribution in [0.2, 0.25) is 0 Å². The molecule has 3 N–H and O–H groups in total. The molecule has 8 heteroatoms. The summed E-state index contributed by atoms with van der Waals surface area (Å²) in [6.07, 6.45) is -0.840. The molecule has 1 saturated heterocycles. The number of carbonyl (C=O) groups is 3. The van der Waals surface area contributed by atoms with Gasteiger partial charge in [-0.25, -0.2) is 9.59 Å². The fourth-order valence-electron chi connectivity index (χ4n) is 2.14. The van der Waals surface area contributed by atoms with E-state index < -0.39 is 24.1 Å². The summed E-state index contributed by atoms with van der Waals surface area (Å²) in [6, 6.07) is -1.62. The number of aliphatic carboxylic acids is 1. The fraction of sp³-hybridized carbons (Fsp3) is 0.769. The van der Waals surface area contributed by atoms with Gasteiger partial charge in [0.25, 0.3) is 0 Å². The second kappa shape index (κ2) is 7.26. The lowest BCUT2D eigenvalue weighted by Crippen LogP contribution is -2.49. The summed E-state index contributed by atoms with van der Waals surface area (Å²) in [4.78, 5) is 37.2. The van der Waals surface area contributed by atoms with Crippen LogP contribution in [-0.4, -0.2) is 76.7 Å². The SMILES string of the molecule is CC(C)CNC(=O)CN(C)C(=O)N1CC(O)CC1C(=O)O. The smallest absolute Gasteiger partial charge is 0.326 e. The lowest BCUT2D eigenvalue weighted by atomic mass is 10.2. The number of carbonyl (C=O) groups excluding carboxylic acids is 2. The Balaban J connectivity index is 2.57. The van der Waals surface area contributed by atoms with Gasteiger partial charge in [0.2, 0.25) is 5.91 Å². The van der Waals surface area contributed by atoms with Crippen LogP contribution in [0.15, 0.2) is 0 Å². The average molecular weight is 301 g/mol. The third-order valence-electron chi connectivity index (χ3n) is 3.22. The fourth-order valence-corrected chi connectivity index (χ4v) is 2.14. The second-order valence-corrected chi connectivity index (χ2v) is 5.73. The van der Waals surface area contributed by atoms with Crippen molar-refractivity contribution in [3.8, 4) is 0 Å². The molecule has 0 saturated carbocycles. The Morgan fingerprint density at radius 2 is 2.00 bits per heavy atom. The number of carboxylic acids is 1. The number of aliphatic hydroxyl groups excluding tert-OH is 1. The van der Waals surface area contributed by atoms with E-state index in [0.717, 1.165) is 9.80 Å². The van der Waals surface area contributed by atoms with Crippen LogP contribution < -0.4 is 5.32 Å². The van der Waals surface area contributed by atoms with E-state index in [9.17, 15) is 19.5 Å². The predicted molar refractivity (Wildman–Crippen MR) is 74.6 cm³/mol. The number of amides is 3. The Morgan fingerprint density at radius 3 is 2.52 bits per heavy atom. The quantitative estimate of drug-likeness (QED) is 0.624. The highest BCUT2D eigenvalue weighted by atomic mass is 16.4. The minimum Gasteiger partial charge on any atom is -0.480 e. The molecule has 120 valence electrons. The van der Waals surface area contributed by atoms with Crippen LogP contribution in [0.5, 0.6) is 0 Å². The van der Waals surface area contributed by atoms with Crippen LogP contribution in [0.4, 0.5) is 4.79 Å². The molecule has 0 spiro atoms. The topological polar surface area (TPSA) is 110 Å². The summed E-state index contributed by atoms with van der Waals surface area (Å²) in [6.45, 7) is 4.25. The molecule has 3 amide bonds. The van der Waals surface area contributed by atoms with Gasteiger partial charge < -0.3 is 25.3 Å². The van der Waals surface area contributed by atoms with Crippen molar-refractivity contribution >= 4 is 17.9 Å². The zero-order valence-electron chi connectivity index (χ0n) is 12.6. The molecule has 1 heterocycles. The molecular formula is C13H23N3O5. The number of likely N-dealkylation sites (tertiary alicyclic amines) is 1. The van der Waals surface area contributed by atoms with Crippen LogP contribution in [0.3, 0.4) is 0 Å². The summed E-state index contributed by atoms with van der Waals surface area (Å²) < 4.78 is 0. The average Bonchev–Trinajstić information content (AvgIpc) is 2.77. The number of hydrogen-bond acceptors (Lipinski definition) is 4. The highest BCUT2D eigenvalue weighted by Crippen LogP contribution is 2.19. The predicted octanol–water partition coefficient (Wildman–Crippen LogP) is -0.670. The second-order valence-electron chi connectivity index (χ2n) is 5.73. The number of β-amino-alcohol motifs (C(OH)–C–C–N with tert-alkyl or cyclic N) is 1. The Morgan fingerprint density at radius 1 is 1.38 bits per heavy atom. The van der Waals surface area contributed by atoms with Gasteiger partial charge in [-0.2, -0.15) is 0 Å². The molecule has 0 bridgehead atoms. The van der Waals surface area contributed by atoms with Crippen molar-refractivity contribution < 1.29 is 24.6 Å². The van der Waals surface area contributed by atoms with E-state index in [1.807, 2.05) is 13.8 Å². The lowest BCUT2D eigenvalue weighted by Gasteiger charge is -2.27. The van der Waals surface area contributed by atoms with Crippen molar-refractivity contribution in [2.75, 3.05) is 26.7 Å². The molecule has 21 heavy (non-hydrogen) atoms. The van der Waals surface area contributed by atoms with Gasteiger partial charge in [-0.3, -0.25) is 4.79 Å². The first-order valence-corrected chi connectivity index (χ1v) is 6.91. The largest absolute Gasteiger partial charge is 0.480 e. The van der Waals surface area contributed by atoms with E-state index in [4.69, 9.17) is 5.11 Å². The van der Waals surface area contributed by atoms with Crippen molar-refractivity contribution in [2.45, 2.75) is 32.4 Å². The molecule has 0 aromatic heterocycles. The number of hydrogen-bond donors (Lipinski definition) is 3. The number of nitrogens with zero attached hydrogens (tertiary/aromatic N) is 2. The molecule has 0 aromatic carbocycles. The van der Waals surface area contributed by atoms with E-state index in [1.165, 1.54) is 7.05 Å². The molecule has 1 fully saturated rings. The van der Waals surface area contributed by atoms with Gasteiger partial charge in [-0.1, -0.05) is 13.8 Å². The summed E-state index contributed by atoms with van der Waals surface area (Å²) in [5.74, 6) is -1.15. The molecule has 1 aliphatic heterocycles. The molecule has 2 atom stereocenters. The molecule has 8 nitrogen and oxygen atoms in total. The van der Waals surface area contributed by atoms with Crippen LogP contribution in [0.1, 0.15) is 20.3 Å². The molecular weight excluding hydrogens is 278 g/mol. The highest BCUT2D eigenvalue weighted by molar-refractivity contribution is 5.87. The summed E-state index contributed by atoms with van der Waals surface area (Å²) in [5, 5.41) is 21.3.